The van der Waals surface area contributed by atoms with Crippen LogP contribution in [0.15, 0.2) is 0 Å². The van der Waals surface area contributed by atoms with Crippen LogP contribution in [-0.4, -0.2) is 11.1 Å². The molecule has 0 aliphatic heterocycles. The lowest BCUT2D eigenvalue weighted by Gasteiger charge is -2.11. The highest BCUT2D eigenvalue weighted by molar-refractivity contribution is 5.69. The molecule has 0 atom stereocenters. The van der Waals surface area contributed by atoms with E-state index in [0.29, 0.717) is 0 Å². The van der Waals surface area contributed by atoms with E-state index in [1.165, 1.54) is 12.8 Å². The van der Waals surface area contributed by atoms with E-state index in [1.807, 2.05) is 0 Å². The lowest BCUT2D eigenvalue weighted by Crippen LogP contribution is -2.13. The van der Waals surface area contributed by atoms with E-state index in [1.54, 1.807) is 0 Å². The van der Waals surface area contributed by atoms with Gasteiger partial charge in [-0.3, -0.25) is 4.79 Å². The van der Waals surface area contributed by atoms with Crippen LogP contribution >= 0.6 is 0 Å². The standard InChI is InChI=1S/C12H24O2/c1-3-5-7-9-11(12(13)14)10-8-6-4-2/h11H,3-10H2,1-2H3,(H,13,14). The smallest absolute Gasteiger partial charge is 0.306 e. The van der Waals surface area contributed by atoms with Gasteiger partial charge in [0.2, 0.25) is 0 Å². The van der Waals surface area contributed by atoms with Crippen LogP contribution < -0.4 is 0 Å². The Labute approximate surface area is 87.7 Å². The zero-order valence-corrected chi connectivity index (χ0v) is 9.59. The predicted octanol–water partition coefficient (Wildman–Crippen LogP) is 3.85. The highest BCUT2D eigenvalue weighted by Crippen LogP contribution is 2.17. The first-order valence-corrected chi connectivity index (χ1v) is 5.95. The monoisotopic (exact) mass is 200 g/mol. The minimum Gasteiger partial charge on any atom is -0.481 e. The summed E-state index contributed by atoms with van der Waals surface area (Å²) < 4.78 is 0. The normalized spacial score (nSPS) is 10.8. The van der Waals surface area contributed by atoms with E-state index < -0.39 is 5.97 Å². The number of hydrogen-bond acceptors (Lipinski definition) is 1. The SMILES string of the molecule is CCCCCC(CCCCC)C(=O)O. The summed E-state index contributed by atoms with van der Waals surface area (Å²) in [4.78, 5) is 10.9. The summed E-state index contributed by atoms with van der Waals surface area (Å²) in [5, 5.41) is 8.97. The molecule has 0 unspecified atom stereocenters. The number of unbranched alkanes of at least 4 members (excludes halogenated alkanes) is 4. The summed E-state index contributed by atoms with van der Waals surface area (Å²) in [5.74, 6) is -0.690. The summed E-state index contributed by atoms with van der Waals surface area (Å²) in [6, 6.07) is 0. The van der Waals surface area contributed by atoms with Crippen molar-refractivity contribution in [3.05, 3.63) is 0 Å². The first-order valence-electron chi connectivity index (χ1n) is 5.95. The average molecular weight is 200 g/mol. The van der Waals surface area contributed by atoms with Gasteiger partial charge in [-0.05, 0) is 12.8 Å². The Morgan fingerprint density at radius 3 is 1.71 bits per heavy atom. The molecule has 84 valence electrons. The Kier molecular flexibility index (Phi) is 8.70. The first kappa shape index (κ1) is 13.5. The van der Waals surface area contributed by atoms with Crippen molar-refractivity contribution in [2.75, 3.05) is 0 Å². The van der Waals surface area contributed by atoms with Gasteiger partial charge in [-0.2, -0.15) is 0 Å². The molecule has 0 bridgehead atoms. The van der Waals surface area contributed by atoms with Crippen molar-refractivity contribution in [1.29, 1.82) is 0 Å². The van der Waals surface area contributed by atoms with Gasteiger partial charge in [0.15, 0.2) is 0 Å². The minimum absolute atomic E-state index is 0.0897. The second kappa shape index (κ2) is 9.04. The fourth-order valence-corrected chi connectivity index (χ4v) is 1.67. The molecule has 0 aromatic heterocycles. The van der Waals surface area contributed by atoms with E-state index in [9.17, 15) is 4.79 Å². The summed E-state index contributed by atoms with van der Waals surface area (Å²) in [6.07, 6.45) is 8.54. The van der Waals surface area contributed by atoms with Crippen molar-refractivity contribution < 1.29 is 9.90 Å². The number of carbonyl (C=O) groups is 1. The van der Waals surface area contributed by atoms with Crippen LogP contribution in [0.1, 0.15) is 65.2 Å². The third kappa shape index (κ3) is 6.93. The zero-order valence-electron chi connectivity index (χ0n) is 9.59. The van der Waals surface area contributed by atoms with Gasteiger partial charge in [-0.25, -0.2) is 0 Å². The Hall–Kier alpha value is -0.530. The van der Waals surface area contributed by atoms with Gasteiger partial charge in [0.25, 0.3) is 0 Å². The number of carboxylic acid groups (broad SMARTS) is 1. The average Bonchev–Trinajstić information content (AvgIpc) is 2.15. The summed E-state index contributed by atoms with van der Waals surface area (Å²) in [5.41, 5.74) is 0. The molecule has 0 fully saturated rings. The molecule has 14 heavy (non-hydrogen) atoms. The largest absolute Gasteiger partial charge is 0.481 e. The molecule has 0 rings (SSSR count). The Morgan fingerprint density at radius 1 is 1.00 bits per heavy atom. The highest BCUT2D eigenvalue weighted by Gasteiger charge is 2.15. The molecule has 0 heterocycles. The molecule has 0 spiro atoms. The maximum absolute atomic E-state index is 10.9. The maximum Gasteiger partial charge on any atom is 0.306 e. The van der Waals surface area contributed by atoms with Crippen molar-refractivity contribution >= 4 is 5.97 Å². The van der Waals surface area contributed by atoms with Crippen molar-refractivity contribution in [3.8, 4) is 0 Å². The molecule has 0 radical (unpaired) electrons. The second-order valence-corrected chi connectivity index (χ2v) is 4.03. The third-order valence-electron chi connectivity index (χ3n) is 2.66. The molecule has 0 aromatic carbocycles. The van der Waals surface area contributed by atoms with Gasteiger partial charge in [0.05, 0.1) is 5.92 Å². The van der Waals surface area contributed by atoms with Crippen LogP contribution in [0.5, 0.6) is 0 Å². The van der Waals surface area contributed by atoms with E-state index in [2.05, 4.69) is 13.8 Å². The summed E-state index contributed by atoms with van der Waals surface area (Å²) in [7, 11) is 0. The quantitative estimate of drug-likeness (QED) is 0.574. The number of rotatable bonds is 9. The van der Waals surface area contributed by atoms with Gasteiger partial charge in [0, 0.05) is 0 Å². The zero-order chi connectivity index (χ0) is 10.8. The number of aliphatic carboxylic acids is 1. The Morgan fingerprint density at radius 2 is 1.43 bits per heavy atom. The molecule has 0 amide bonds. The van der Waals surface area contributed by atoms with Crippen LogP contribution in [0.25, 0.3) is 0 Å². The lowest BCUT2D eigenvalue weighted by atomic mass is 9.95. The van der Waals surface area contributed by atoms with Crippen LogP contribution in [0.4, 0.5) is 0 Å². The number of carboxylic acids is 1. The first-order chi connectivity index (χ1) is 6.72. The molecule has 0 saturated carbocycles. The molecular weight excluding hydrogens is 176 g/mol. The topological polar surface area (TPSA) is 37.3 Å². The van der Waals surface area contributed by atoms with Crippen LogP contribution in [0.3, 0.4) is 0 Å². The third-order valence-corrected chi connectivity index (χ3v) is 2.66. The Bertz CT molecular complexity index is 133. The lowest BCUT2D eigenvalue weighted by molar-refractivity contribution is -0.142. The molecule has 2 heteroatoms. The number of hydrogen-bond donors (Lipinski definition) is 1. The van der Waals surface area contributed by atoms with Crippen molar-refractivity contribution in [2.45, 2.75) is 65.2 Å². The Balaban J connectivity index is 3.61. The summed E-state index contributed by atoms with van der Waals surface area (Å²) in [6.45, 7) is 4.29. The molecule has 0 saturated heterocycles. The molecule has 2 nitrogen and oxygen atoms in total. The molecule has 1 N–H and O–H groups in total. The fourth-order valence-electron chi connectivity index (χ4n) is 1.67. The van der Waals surface area contributed by atoms with Crippen molar-refractivity contribution in [3.63, 3.8) is 0 Å². The fraction of sp³-hybridized carbons (Fsp3) is 0.917. The van der Waals surface area contributed by atoms with Crippen molar-refractivity contribution in [1.82, 2.24) is 0 Å². The van der Waals surface area contributed by atoms with Gasteiger partial charge in [0.1, 0.15) is 0 Å². The van der Waals surface area contributed by atoms with Crippen LogP contribution in [-0.2, 0) is 4.79 Å². The molecule has 0 aliphatic rings. The second-order valence-electron chi connectivity index (χ2n) is 4.03. The van der Waals surface area contributed by atoms with Gasteiger partial charge < -0.3 is 5.11 Å². The minimum atomic E-state index is -0.600. The predicted molar refractivity (Wildman–Crippen MR) is 59.4 cm³/mol. The highest BCUT2D eigenvalue weighted by atomic mass is 16.4. The molecular formula is C12H24O2. The van der Waals surface area contributed by atoms with E-state index in [4.69, 9.17) is 5.11 Å². The van der Waals surface area contributed by atoms with Gasteiger partial charge in [-0.1, -0.05) is 52.4 Å². The molecule has 0 aromatic rings. The van der Waals surface area contributed by atoms with Crippen LogP contribution in [0, 0.1) is 5.92 Å². The summed E-state index contributed by atoms with van der Waals surface area (Å²) >= 11 is 0. The van der Waals surface area contributed by atoms with Crippen LogP contribution in [0.2, 0.25) is 0 Å². The maximum atomic E-state index is 10.9. The van der Waals surface area contributed by atoms with Gasteiger partial charge in [-0.15, -0.1) is 0 Å². The van der Waals surface area contributed by atoms with E-state index >= 15 is 0 Å². The van der Waals surface area contributed by atoms with E-state index in [0.717, 1.165) is 38.5 Å². The van der Waals surface area contributed by atoms with Crippen molar-refractivity contribution in [2.24, 2.45) is 5.92 Å². The van der Waals surface area contributed by atoms with E-state index in [-0.39, 0.29) is 5.92 Å². The molecule has 0 aliphatic carbocycles. The van der Waals surface area contributed by atoms with Gasteiger partial charge >= 0.3 is 5.97 Å².